The topological polar surface area (TPSA) is 91.6 Å². The van der Waals surface area contributed by atoms with Crippen molar-refractivity contribution in [2.24, 2.45) is 5.92 Å². The molecule has 0 aromatic carbocycles. The molecule has 1 aromatic rings. The van der Waals surface area contributed by atoms with Gasteiger partial charge in [-0.3, -0.25) is 0 Å². The zero-order valence-electron chi connectivity index (χ0n) is 10.8. The largest absolute Gasteiger partial charge is 0.447 e. The van der Waals surface area contributed by atoms with E-state index in [1.54, 1.807) is 27.0 Å². The highest BCUT2D eigenvalue weighted by Gasteiger charge is 2.23. The van der Waals surface area contributed by atoms with Gasteiger partial charge in [-0.1, -0.05) is 6.92 Å². The van der Waals surface area contributed by atoms with E-state index in [4.69, 9.17) is 9.52 Å². The highest BCUT2D eigenvalue weighted by atomic mass is 32.2. The van der Waals surface area contributed by atoms with Crippen LogP contribution in [0.25, 0.3) is 0 Å². The summed E-state index contributed by atoms with van der Waals surface area (Å²) < 4.78 is 31.7. The summed E-state index contributed by atoms with van der Waals surface area (Å²) in [5.41, 5.74) is 0. The van der Waals surface area contributed by atoms with Crippen molar-refractivity contribution >= 4 is 10.0 Å². The van der Waals surface area contributed by atoms with Crippen LogP contribution in [0.2, 0.25) is 0 Å². The van der Waals surface area contributed by atoms with E-state index in [0.717, 1.165) is 0 Å². The van der Waals surface area contributed by atoms with Crippen LogP contribution in [0.3, 0.4) is 0 Å². The molecular formula is C11H20N2O4S. The molecule has 3 N–H and O–H groups in total. The van der Waals surface area contributed by atoms with Crippen LogP contribution in [-0.2, 0) is 16.6 Å². The van der Waals surface area contributed by atoms with Gasteiger partial charge in [0.2, 0.25) is 5.09 Å². The Bertz CT molecular complexity index is 469. The number of hydrogen-bond donors (Lipinski definition) is 3. The molecule has 18 heavy (non-hydrogen) atoms. The Labute approximate surface area is 107 Å². The summed E-state index contributed by atoms with van der Waals surface area (Å²) in [7, 11) is -1.92. The first kappa shape index (κ1) is 15.2. The molecule has 104 valence electrons. The molecule has 6 nitrogen and oxygen atoms in total. The highest BCUT2D eigenvalue weighted by molar-refractivity contribution is 7.89. The third-order valence-electron chi connectivity index (χ3n) is 2.74. The van der Waals surface area contributed by atoms with Gasteiger partial charge < -0.3 is 14.8 Å². The Hall–Kier alpha value is -0.890. The Balaban J connectivity index is 2.79. The number of nitrogens with one attached hydrogen (secondary N) is 2. The maximum atomic E-state index is 12.0. The fourth-order valence-electron chi connectivity index (χ4n) is 1.35. The number of aliphatic hydroxyl groups is 1. The molecule has 0 radical (unpaired) electrons. The second-order valence-corrected chi connectivity index (χ2v) is 5.97. The predicted octanol–water partition coefficient (Wildman–Crippen LogP) is 0.294. The van der Waals surface area contributed by atoms with Gasteiger partial charge >= 0.3 is 0 Å². The zero-order chi connectivity index (χ0) is 13.8. The van der Waals surface area contributed by atoms with Crippen molar-refractivity contribution in [3.8, 4) is 0 Å². The Morgan fingerprint density at radius 3 is 2.61 bits per heavy atom. The van der Waals surface area contributed by atoms with Crippen LogP contribution < -0.4 is 10.0 Å². The molecular weight excluding hydrogens is 256 g/mol. The number of sulfonamides is 1. The van der Waals surface area contributed by atoms with Crippen LogP contribution in [0.4, 0.5) is 0 Å². The number of rotatable bonds is 7. The van der Waals surface area contributed by atoms with Gasteiger partial charge in [-0.25, -0.2) is 13.1 Å². The zero-order valence-corrected chi connectivity index (χ0v) is 11.6. The average Bonchev–Trinajstić information content (AvgIpc) is 2.77. The summed E-state index contributed by atoms with van der Waals surface area (Å²) in [6.45, 7) is 3.86. The molecule has 2 unspecified atom stereocenters. The number of aliphatic hydroxyl groups excluding tert-OH is 1. The second kappa shape index (κ2) is 6.33. The van der Waals surface area contributed by atoms with Crippen LogP contribution in [0.5, 0.6) is 0 Å². The Morgan fingerprint density at radius 1 is 1.39 bits per heavy atom. The van der Waals surface area contributed by atoms with Crippen LogP contribution in [-0.4, -0.2) is 33.2 Å². The molecule has 0 fully saturated rings. The first-order valence-electron chi connectivity index (χ1n) is 5.77. The van der Waals surface area contributed by atoms with Gasteiger partial charge in [-0.05, 0) is 32.0 Å². The molecule has 0 saturated carbocycles. The molecule has 0 aliphatic rings. The van der Waals surface area contributed by atoms with Crippen LogP contribution in [0.1, 0.15) is 19.6 Å². The first-order chi connectivity index (χ1) is 8.40. The van der Waals surface area contributed by atoms with Gasteiger partial charge in [0, 0.05) is 12.6 Å². The minimum atomic E-state index is -3.67. The van der Waals surface area contributed by atoms with E-state index in [9.17, 15) is 8.42 Å². The standard InChI is InChI=1S/C11H20N2O4S/c1-8(7-14)9(2)13-18(15,16)11-5-4-10(17-11)6-12-3/h4-5,8-9,12-14H,6-7H2,1-3H3. The summed E-state index contributed by atoms with van der Waals surface area (Å²) in [6.07, 6.45) is 0. The maximum Gasteiger partial charge on any atom is 0.274 e. The van der Waals surface area contributed by atoms with Crippen molar-refractivity contribution in [3.05, 3.63) is 17.9 Å². The molecule has 1 heterocycles. The molecule has 0 bridgehead atoms. The lowest BCUT2D eigenvalue weighted by Crippen LogP contribution is -2.38. The fourth-order valence-corrected chi connectivity index (χ4v) is 2.65. The highest BCUT2D eigenvalue weighted by Crippen LogP contribution is 2.15. The SMILES string of the molecule is CNCc1ccc(S(=O)(=O)NC(C)C(C)CO)o1. The fraction of sp³-hybridized carbons (Fsp3) is 0.636. The van der Waals surface area contributed by atoms with Crippen LogP contribution >= 0.6 is 0 Å². The van der Waals surface area contributed by atoms with Crippen molar-refractivity contribution in [2.75, 3.05) is 13.7 Å². The van der Waals surface area contributed by atoms with Gasteiger partial charge in [0.15, 0.2) is 0 Å². The third kappa shape index (κ3) is 3.81. The minimum Gasteiger partial charge on any atom is -0.447 e. The van der Waals surface area contributed by atoms with Gasteiger partial charge in [-0.2, -0.15) is 0 Å². The van der Waals surface area contributed by atoms with Crippen LogP contribution in [0.15, 0.2) is 21.6 Å². The molecule has 2 atom stereocenters. The van der Waals surface area contributed by atoms with Crippen molar-refractivity contribution in [3.63, 3.8) is 0 Å². The van der Waals surface area contributed by atoms with E-state index in [0.29, 0.717) is 12.3 Å². The first-order valence-corrected chi connectivity index (χ1v) is 7.25. The van der Waals surface area contributed by atoms with E-state index in [1.807, 2.05) is 0 Å². The maximum absolute atomic E-state index is 12.0. The molecule has 0 saturated heterocycles. The van der Waals surface area contributed by atoms with Crippen molar-refractivity contribution in [2.45, 2.75) is 31.5 Å². The predicted molar refractivity (Wildman–Crippen MR) is 67.5 cm³/mol. The van der Waals surface area contributed by atoms with Gasteiger partial charge in [-0.15, -0.1) is 0 Å². The molecule has 0 aliphatic carbocycles. The van der Waals surface area contributed by atoms with E-state index < -0.39 is 10.0 Å². The summed E-state index contributed by atoms with van der Waals surface area (Å²) in [4.78, 5) is 0. The number of hydrogen-bond acceptors (Lipinski definition) is 5. The van der Waals surface area contributed by atoms with Gasteiger partial charge in [0.25, 0.3) is 10.0 Å². The summed E-state index contributed by atoms with van der Waals surface area (Å²) in [6, 6.07) is 2.68. The minimum absolute atomic E-state index is 0.0765. The van der Waals surface area contributed by atoms with E-state index in [-0.39, 0.29) is 23.7 Å². The molecule has 0 amide bonds. The third-order valence-corrected chi connectivity index (χ3v) is 4.17. The normalized spacial score (nSPS) is 15.6. The van der Waals surface area contributed by atoms with Crippen molar-refractivity contribution in [1.29, 1.82) is 0 Å². The lowest BCUT2D eigenvalue weighted by Gasteiger charge is -2.18. The van der Waals surface area contributed by atoms with E-state index >= 15 is 0 Å². The van der Waals surface area contributed by atoms with E-state index in [2.05, 4.69) is 10.0 Å². The smallest absolute Gasteiger partial charge is 0.274 e. The van der Waals surface area contributed by atoms with Gasteiger partial charge in [0.1, 0.15) is 5.76 Å². The summed E-state index contributed by atoms with van der Waals surface area (Å²) in [5.74, 6) is 0.396. The van der Waals surface area contributed by atoms with Crippen LogP contribution in [0, 0.1) is 5.92 Å². The summed E-state index contributed by atoms with van der Waals surface area (Å²) >= 11 is 0. The Kier molecular flexibility index (Phi) is 5.33. The van der Waals surface area contributed by atoms with E-state index in [1.165, 1.54) is 6.07 Å². The lowest BCUT2D eigenvalue weighted by molar-refractivity contribution is 0.216. The quantitative estimate of drug-likeness (QED) is 0.666. The number of furan rings is 1. The Morgan fingerprint density at radius 2 is 2.06 bits per heavy atom. The monoisotopic (exact) mass is 276 g/mol. The van der Waals surface area contributed by atoms with Crippen molar-refractivity contribution < 1.29 is 17.9 Å². The second-order valence-electron chi connectivity index (χ2n) is 4.32. The molecule has 0 spiro atoms. The average molecular weight is 276 g/mol. The lowest BCUT2D eigenvalue weighted by atomic mass is 10.1. The van der Waals surface area contributed by atoms with Gasteiger partial charge in [0.05, 0.1) is 6.54 Å². The summed E-state index contributed by atoms with van der Waals surface area (Å²) in [5, 5.41) is 11.7. The molecule has 1 rings (SSSR count). The molecule has 0 aliphatic heterocycles. The van der Waals surface area contributed by atoms with Crippen molar-refractivity contribution in [1.82, 2.24) is 10.0 Å². The molecule has 7 heteroatoms. The molecule has 1 aromatic heterocycles.